The fraction of sp³-hybridized carbons (Fsp3) is 0.667. The van der Waals surface area contributed by atoms with E-state index in [1.54, 1.807) is 6.92 Å². The molecule has 0 amide bonds. The maximum Gasteiger partial charge on any atom is 1.00 e. The van der Waals surface area contributed by atoms with Crippen molar-refractivity contribution < 1.29 is 70.8 Å². The SMILES string of the molecule is CC(C)COC(=O)CC(=O)O.[CH2-]C.[K+]. The fourth-order valence-electron chi connectivity index (χ4n) is 0.434. The zero-order chi connectivity index (χ0) is 10.9. The van der Waals surface area contributed by atoms with Gasteiger partial charge in [-0.3, -0.25) is 9.59 Å². The first-order valence-corrected chi connectivity index (χ1v) is 4.10. The quantitative estimate of drug-likeness (QED) is 0.275. The third-order valence-electron chi connectivity index (χ3n) is 0.873. The molecular weight excluding hydrogens is 211 g/mol. The number of rotatable bonds is 4. The molecule has 0 aromatic heterocycles. The van der Waals surface area contributed by atoms with E-state index >= 15 is 0 Å². The number of carbonyl (C=O) groups is 2. The molecule has 0 aromatic carbocycles. The molecule has 0 spiro atoms. The smallest absolute Gasteiger partial charge is 0.481 e. The van der Waals surface area contributed by atoms with E-state index in [-0.39, 0.29) is 63.9 Å². The van der Waals surface area contributed by atoms with Gasteiger partial charge in [-0.2, -0.15) is 6.92 Å². The van der Waals surface area contributed by atoms with E-state index in [0.29, 0.717) is 0 Å². The van der Waals surface area contributed by atoms with E-state index in [9.17, 15) is 9.59 Å². The summed E-state index contributed by atoms with van der Waals surface area (Å²) in [6.45, 7) is 9.05. The van der Waals surface area contributed by atoms with Crippen molar-refractivity contribution in [2.24, 2.45) is 5.92 Å². The normalized spacial score (nSPS) is 8.07. The Bertz CT molecular complexity index is 157. The monoisotopic (exact) mass is 228 g/mol. The minimum atomic E-state index is -1.15. The van der Waals surface area contributed by atoms with Gasteiger partial charge in [-0.25, -0.2) is 0 Å². The number of hydrogen-bond acceptors (Lipinski definition) is 3. The van der Waals surface area contributed by atoms with Gasteiger partial charge in [0.2, 0.25) is 0 Å². The third-order valence-corrected chi connectivity index (χ3v) is 0.873. The van der Waals surface area contributed by atoms with Crippen LogP contribution in [0.5, 0.6) is 0 Å². The van der Waals surface area contributed by atoms with E-state index in [2.05, 4.69) is 11.7 Å². The summed E-state index contributed by atoms with van der Waals surface area (Å²) in [5.41, 5.74) is 0. The summed E-state index contributed by atoms with van der Waals surface area (Å²) in [5.74, 6) is -1.59. The minimum Gasteiger partial charge on any atom is -0.481 e. The number of carboxylic acid groups (broad SMARTS) is 1. The zero-order valence-electron chi connectivity index (χ0n) is 9.37. The Kier molecular flexibility index (Phi) is 19.4. The van der Waals surface area contributed by atoms with E-state index in [0.717, 1.165) is 0 Å². The first-order chi connectivity index (χ1) is 6.02. The molecule has 0 atom stereocenters. The molecule has 0 unspecified atom stereocenters. The van der Waals surface area contributed by atoms with Crippen LogP contribution < -0.4 is 51.4 Å². The minimum absolute atomic E-state index is 0. The largest absolute Gasteiger partial charge is 1.00 e. The van der Waals surface area contributed by atoms with Crippen LogP contribution in [0.3, 0.4) is 0 Å². The second kappa shape index (κ2) is 13.6. The summed E-state index contributed by atoms with van der Waals surface area (Å²) in [6, 6.07) is 0. The summed E-state index contributed by atoms with van der Waals surface area (Å²) in [4.78, 5) is 20.5. The molecule has 5 heteroatoms. The molecule has 0 heterocycles. The van der Waals surface area contributed by atoms with Crippen LogP contribution >= 0.6 is 0 Å². The van der Waals surface area contributed by atoms with Crippen molar-refractivity contribution in [2.75, 3.05) is 6.61 Å². The molecule has 0 aliphatic heterocycles. The molecule has 0 rings (SSSR count). The van der Waals surface area contributed by atoms with Crippen LogP contribution in [-0.2, 0) is 14.3 Å². The van der Waals surface area contributed by atoms with Crippen molar-refractivity contribution in [1.29, 1.82) is 0 Å². The first-order valence-electron chi connectivity index (χ1n) is 4.10. The molecule has 0 saturated heterocycles. The van der Waals surface area contributed by atoms with Crippen LogP contribution in [0.25, 0.3) is 0 Å². The molecule has 0 saturated carbocycles. The standard InChI is InChI=1S/C7H12O4.C2H5.K/c1-5(2)4-11-7(10)3-6(8)9;1-2;/h5H,3-4H2,1-2H3,(H,8,9);1H2,2H3;/q;-1;+1. The Hall–Kier alpha value is 0.576. The van der Waals surface area contributed by atoms with Gasteiger partial charge in [0.1, 0.15) is 6.42 Å². The van der Waals surface area contributed by atoms with Crippen molar-refractivity contribution in [3.63, 3.8) is 0 Å². The van der Waals surface area contributed by atoms with E-state index in [1.807, 2.05) is 13.8 Å². The number of carbonyl (C=O) groups excluding carboxylic acids is 1. The van der Waals surface area contributed by atoms with E-state index in [4.69, 9.17) is 5.11 Å². The molecule has 1 N–H and O–H groups in total. The average molecular weight is 228 g/mol. The maximum absolute atomic E-state index is 10.6. The Morgan fingerprint density at radius 1 is 1.36 bits per heavy atom. The Labute approximate surface area is 128 Å². The molecule has 4 nitrogen and oxygen atoms in total. The molecule has 0 radical (unpaired) electrons. The molecule has 78 valence electrons. The van der Waals surface area contributed by atoms with Crippen LogP contribution in [-0.4, -0.2) is 23.7 Å². The topological polar surface area (TPSA) is 63.6 Å². The van der Waals surface area contributed by atoms with Gasteiger partial charge in [0.25, 0.3) is 0 Å². The predicted molar refractivity (Wildman–Crippen MR) is 49.1 cm³/mol. The number of ether oxygens (including phenoxy) is 1. The van der Waals surface area contributed by atoms with Crippen LogP contribution in [0.4, 0.5) is 0 Å². The van der Waals surface area contributed by atoms with Gasteiger partial charge in [-0.1, -0.05) is 13.8 Å². The number of hydrogen-bond donors (Lipinski definition) is 1. The molecular formula is C9H17KO4. The van der Waals surface area contributed by atoms with Crippen LogP contribution in [0.2, 0.25) is 0 Å². The molecule has 0 bridgehead atoms. The van der Waals surface area contributed by atoms with Gasteiger partial charge in [-0.15, -0.1) is 0 Å². The first kappa shape index (κ1) is 20.0. The Morgan fingerprint density at radius 3 is 2.07 bits per heavy atom. The van der Waals surface area contributed by atoms with Gasteiger partial charge in [0.15, 0.2) is 0 Å². The van der Waals surface area contributed by atoms with E-state index < -0.39 is 18.4 Å². The van der Waals surface area contributed by atoms with Crippen molar-refractivity contribution >= 4 is 11.9 Å². The molecule has 0 aliphatic rings. The summed E-state index contributed by atoms with van der Waals surface area (Å²) < 4.78 is 4.59. The number of aliphatic carboxylic acids is 1. The Balaban J connectivity index is -0.000000376. The second-order valence-electron chi connectivity index (χ2n) is 2.65. The molecule has 0 aromatic rings. The second-order valence-corrected chi connectivity index (χ2v) is 2.65. The van der Waals surface area contributed by atoms with Crippen molar-refractivity contribution in [2.45, 2.75) is 27.2 Å². The zero-order valence-corrected chi connectivity index (χ0v) is 12.5. The average Bonchev–Trinajstić information content (AvgIpc) is 2.03. The van der Waals surface area contributed by atoms with Crippen molar-refractivity contribution in [3.05, 3.63) is 6.92 Å². The van der Waals surface area contributed by atoms with Gasteiger partial charge >= 0.3 is 63.3 Å². The maximum atomic E-state index is 10.6. The fourth-order valence-corrected chi connectivity index (χ4v) is 0.434. The third kappa shape index (κ3) is 18.4. The predicted octanol–water partition coefficient (Wildman–Crippen LogP) is -1.50. The summed E-state index contributed by atoms with van der Waals surface area (Å²) >= 11 is 0. The molecule has 0 aliphatic carbocycles. The van der Waals surface area contributed by atoms with E-state index in [1.165, 1.54) is 0 Å². The number of carboxylic acids is 1. The van der Waals surface area contributed by atoms with Gasteiger partial charge in [0, 0.05) is 0 Å². The Morgan fingerprint density at radius 2 is 1.79 bits per heavy atom. The summed E-state index contributed by atoms with van der Waals surface area (Å²) in [7, 11) is 0. The molecule has 14 heavy (non-hydrogen) atoms. The summed E-state index contributed by atoms with van der Waals surface area (Å²) in [6.07, 6.45) is -0.549. The summed E-state index contributed by atoms with van der Waals surface area (Å²) in [5, 5.41) is 8.15. The van der Waals surface area contributed by atoms with Crippen LogP contribution in [0.15, 0.2) is 0 Å². The molecule has 0 fully saturated rings. The van der Waals surface area contributed by atoms with Crippen molar-refractivity contribution in [3.8, 4) is 0 Å². The van der Waals surface area contributed by atoms with Gasteiger partial charge < -0.3 is 16.8 Å². The van der Waals surface area contributed by atoms with Crippen LogP contribution in [0, 0.1) is 12.8 Å². The number of esters is 1. The van der Waals surface area contributed by atoms with Crippen molar-refractivity contribution in [1.82, 2.24) is 0 Å². The van der Waals surface area contributed by atoms with Gasteiger partial charge in [-0.05, 0) is 5.92 Å². The van der Waals surface area contributed by atoms with Gasteiger partial charge in [0.05, 0.1) is 6.61 Å². The van der Waals surface area contributed by atoms with Crippen LogP contribution in [0.1, 0.15) is 27.2 Å².